The van der Waals surface area contributed by atoms with E-state index in [1.807, 2.05) is 0 Å². The molecule has 3 aliphatic heterocycles. The third-order valence-electron chi connectivity index (χ3n) is 7.83. The molecule has 0 spiro atoms. The minimum absolute atomic E-state index is 0.0305. The predicted octanol–water partition coefficient (Wildman–Crippen LogP) is 3.73. The van der Waals surface area contributed by atoms with Gasteiger partial charge in [-0.15, -0.1) is 0 Å². The summed E-state index contributed by atoms with van der Waals surface area (Å²) in [4.78, 5) is 2.55. The number of piperidine rings is 1. The summed E-state index contributed by atoms with van der Waals surface area (Å²) >= 11 is 0. The summed E-state index contributed by atoms with van der Waals surface area (Å²) in [6.45, 7) is 5.18. The van der Waals surface area contributed by atoms with Crippen molar-refractivity contribution in [2.45, 2.75) is 51.1 Å². The molecule has 0 bridgehead atoms. The van der Waals surface area contributed by atoms with E-state index in [4.69, 9.17) is 0 Å². The van der Waals surface area contributed by atoms with Crippen LogP contribution in [0.3, 0.4) is 0 Å². The minimum Gasteiger partial charge on any atom is -0.504 e. The summed E-state index contributed by atoms with van der Waals surface area (Å²) in [6.07, 6.45) is 4.89. The topological polar surface area (TPSA) is 96.2 Å². The Bertz CT molecular complexity index is 990. The van der Waals surface area contributed by atoms with E-state index in [2.05, 4.69) is 17.1 Å². The highest BCUT2D eigenvalue weighted by atomic mass is 16.3. The zero-order valence-electron chi connectivity index (χ0n) is 18.0. The molecule has 0 aromatic heterocycles. The average molecular weight is 425 g/mol. The number of nitrogens with one attached hydrogen (secondary N) is 1. The van der Waals surface area contributed by atoms with Crippen LogP contribution < -0.4 is 5.32 Å². The van der Waals surface area contributed by atoms with E-state index in [9.17, 15) is 20.4 Å². The molecule has 0 amide bonds. The zero-order chi connectivity index (χ0) is 21.7. The fraction of sp³-hybridized carbons (Fsp3) is 0.520. The molecule has 3 heterocycles. The molecule has 4 atom stereocenters. The van der Waals surface area contributed by atoms with Gasteiger partial charge < -0.3 is 25.7 Å². The van der Waals surface area contributed by atoms with Crippen LogP contribution in [0.4, 0.5) is 0 Å². The molecule has 166 valence electrons. The Morgan fingerprint density at radius 3 is 2.23 bits per heavy atom. The van der Waals surface area contributed by atoms with Crippen LogP contribution in [-0.2, 0) is 12.8 Å². The second-order valence-electron chi connectivity index (χ2n) is 9.50. The van der Waals surface area contributed by atoms with Crippen LogP contribution in [0.1, 0.15) is 60.5 Å². The highest BCUT2D eigenvalue weighted by molar-refractivity contribution is 5.49. The van der Waals surface area contributed by atoms with Crippen LogP contribution in [-0.4, -0.2) is 45.0 Å². The van der Waals surface area contributed by atoms with Crippen LogP contribution in [0, 0.1) is 11.8 Å². The van der Waals surface area contributed by atoms with Gasteiger partial charge in [-0.25, -0.2) is 0 Å². The van der Waals surface area contributed by atoms with Gasteiger partial charge in [-0.3, -0.25) is 4.90 Å². The van der Waals surface area contributed by atoms with Crippen molar-refractivity contribution in [2.24, 2.45) is 11.8 Å². The molecular formula is C25H32N2O4. The molecule has 0 radical (unpaired) electrons. The van der Waals surface area contributed by atoms with Gasteiger partial charge in [-0.2, -0.15) is 0 Å². The van der Waals surface area contributed by atoms with Crippen LogP contribution in [0.25, 0.3) is 0 Å². The number of hydrogen-bond acceptors (Lipinski definition) is 6. The first kappa shape index (κ1) is 20.5. The van der Waals surface area contributed by atoms with Crippen molar-refractivity contribution in [3.8, 4) is 23.0 Å². The number of phenolic OH excluding ortho intramolecular Hbond substituents is 4. The molecule has 0 unspecified atom stereocenters. The number of fused-ring (bicyclic) bond motifs is 4. The van der Waals surface area contributed by atoms with Gasteiger partial charge in [0.15, 0.2) is 23.0 Å². The SMILES string of the molecule is CC[C@H]1CN2CCc3cc(O)c(O)cc3[C@@H]2C[C@@H]1C[C@H]1NCCc2cc(O)c(O)cc21. The van der Waals surface area contributed by atoms with Crippen molar-refractivity contribution in [2.75, 3.05) is 19.6 Å². The first-order chi connectivity index (χ1) is 14.9. The van der Waals surface area contributed by atoms with Crippen molar-refractivity contribution in [1.29, 1.82) is 0 Å². The van der Waals surface area contributed by atoms with E-state index in [0.29, 0.717) is 11.8 Å². The number of aromatic hydroxyl groups is 4. The predicted molar refractivity (Wildman–Crippen MR) is 119 cm³/mol. The third kappa shape index (κ3) is 3.62. The molecular weight excluding hydrogens is 392 g/mol. The highest BCUT2D eigenvalue weighted by Gasteiger charge is 2.40. The lowest BCUT2D eigenvalue weighted by atomic mass is 9.72. The minimum atomic E-state index is -0.0502. The first-order valence-electron chi connectivity index (χ1n) is 11.5. The Kier molecular flexibility index (Phi) is 5.22. The summed E-state index contributed by atoms with van der Waals surface area (Å²) in [5.41, 5.74) is 4.52. The fourth-order valence-corrected chi connectivity index (χ4v) is 6.14. The average Bonchev–Trinajstić information content (AvgIpc) is 2.75. The Morgan fingerprint density at radius 1 is 0.871 bits per heavy atom. The summed E-state index contributed by atoms with van der Waals surface area (Å²) in [5.74, 6) is 0.950. The van der Waals surface area contributed by atoms with Gasteiger partial charge in [0.1, 0.15) is 0 Å². The normalized spacial score (nSPS) is 27.9. The first-order valence-corrected chi connectivity index (χ1v) is 11.5. The zero-order valence-corrected chi connectivity index (χ0v) is 18.0. The van der Waals surface area contributed by atoms with E-state index in [1.54, 1.807) is 24.3 Å². The molecule has 2 aromatic carbocycles. The lowest BCUT2D eigenvalue weighted by Gasteiger charge is -2.48. The smallest absolute Gasteiger partial charge is 0.157 e. The molecule has 2 aromatic rings. The van der Waals surface area contributed by atoms with Crippen molar-refractivity contribution >= 4 is 0 Å². The van der Waals surface area contributed by atoms with Crippen molar-refractivity contribution in [3.63, 3.8) is 0 Å². The Morgan fingerprint density at radius 2 is 1.52 bits per heavy atom. The van der Waals surface area contributed by atoms with Gasteiger partial charge in [0.25, 0.3) is 0 Å². The second-order valence-corrected chi connectivity index (χ2v) is 9.50. The number of benzene rings is 2. The van der Waals surface area contributed by atoms with Gasteiger partial charge in [0.2, 0.25) is 0 Å². The molecule has 5 rings (SSSR count). The summed E-state index contributed by atoms with van der Waals surface area (Å²) in [6, 6.07) is 7.37. The maximum Gasteiger partial charge on any atom is 0.157 e. The molecule has 0 aliphatic carbocycles. The molecule has 3 aliphatic rings. The standard InChI is InChI=1S/C25H32N2O4/c1-2-14-13-27-6-4-16-10-23(29)25(31)12-19(16)21(27)8-17(14)7-20-18-11-24(30)22(28)9-15(18)3-5-26-20/h9-12,14,17,20-21,26,28-31H,2-8,13H2,1H3/t14-,17-,20+,21-/m0/s1. The number of phenols is 4. The molecule has 6 heteroatoms. The largest absolute Gasteiger partial charge is 0.504 e. The Hall–Kier alpha value is -2.44. The summed E-state index contributed by atoms with van der Waals surface area (Å²) < 4.78 is 0. The van der Waals surface area contributed by atoms with Gasteiger partial charge in [0.05, 0.1) is 0 Å². The summed E-state index contributed by atoms with van der Waals surface area (Å²) in [7, 11) is 0. The van der Waals surface area contributed by atoms with E-state index in [-0.39, 0.29) is 35.1 Å². The maximum absolute atomic E-state index is 10.1. The summed E-state index contributed by atoms with van der Waals surface area (Å²) in [5, 5.41) is 43.7. The number of nitrogens with zero attached hydrogens (tertiary/aromatic N) is 1. The lowest BCUT2D eigenvalue weighted by molar-refractivity contribution is 0.0435. The van der Waals surface area contributed by atoms with Gasteiger partial charge in [-0.05, 0) is 90.6 Å². The Labute approximate surface area is 183 Å². The molecule has 1 fully saturated rings. The molecule has 1 saturated heterocycles. The van der Waals surface area contributed by atoms with Crippen molar-refractivity contribution < 1.29 is 20.4 Å². The molecule has 31 heavy (non-hydrogen) atoms. The highest BCUT2D eigenvalue weighted by Crippen LogP contribution is 2.47. The quantitative estimate of drug-likeness (QED) is 0.482. The molecule has 5 N–H and O–H groups in total. The molecule has 6 nitrogen and oxygen atoms in total. The Balaban J connectivity index is 1.43. The van der Waals surface area contributed by atoms with Gasteiger partial charge in [-0.1, -0.05) is 13.3 Å². The third-order valence-corrected chi connectivity index (χ3v) is 7.83. The molecule has 0 saturated carbocycles. The van der Waals surface area contributed by atoms with Crippen LogP contribution in [0.5, 0.6) is 23.0 Å². The monoisotopic (exact) mass is 424 g/mol. The maximum atomic E-state index is 10.1. The van der Waals surface area contributed by atoms with Gasteiger partial charge in [0, 0.05) is 25.2 Å². The van der Waals surface area contributed by atoms with E-state index >= 15 is 0 Å². The van der Waals surface area contributed by atoms with Crippen molar-refractivity contribution in [1.82, 2.24) is 10.2 Å². The number of rotatable bonds is 3. The van der Waals surface area contributed by atoms with Crippen LogP contribution in [0.15, 0.2) is 24.3 Å². The second kappa shape index (κ2) is 7.92. The number of hydrogen-bond donors (Lipinski definition) is 5. The van der Waals surface area contributed by atoms with E-state index in [1.165, 1.54) is 0 Å². The van der Waals surface area contributed by atoms with Crippen molar-refractivity contribution in [3.05, 3.63) is 46.5 Å². The van der Waals surface area contributed by atoms with Crippen LogP contribution in [0.2, 0.25) is 0 Å². The van der Waals surface area contributed by atoms with Gasteiger partial charge >= 0.3 is 0 Å². The fourth-order valence-electron chi connectivity index (χ4n) is 6.14. The lowest BCUT2D eigenvalue weighted by Crippen LogP contribution is -2.46. The van der Waals surface area contributed by atoms with E-state index < -0.39 is 0 Å². The van der Waals surface area contributed by atoms with Crippen LogP contribution >= 0.6 is 0 Å². The van der Waals surface area contributed by atoms with E-state index in [0.717, 1.165) is 74.0 Å².